The molecule has 14 nitrogen and oxygen atoms in total. The van der Waals surface area contributed by atoms with Crippen molar-refractivity contribution in [3.8, 4) is 0 Å². The van der Waals surface area contributed by atoms with E-state index < -0.39 is 91.5 Å². The molecule has 0 radical (unpaired) electrons. The molecule has 0 bridgehead atoms. The number of aliphatic hydroxyl groups is 6. The van der Waals surface area contributed by atoms with Gasteiger partial charge in [-0.15, -0.1) is 0 Å². The molecule has 0 saturated heterocycles. The van der Waals surface area contributed by atoms with Gasteiger partial charge in [-0.2, -0.15) is 0 Å². The summed E-state index contributed by atoms with van der Waals surface area (Å²) in [6, 6.07) is 0. The Morgan fingerprint density at radius 2 is 0.912 bits per heavy atom. The maximum absolute atomic E-state index is 11.3. The van der Waals surface area contributed by atoms with Gasteiger partial charge in [0.1, 0.15) is 0 Å². The molecule has 0 fully saturated rings. The number of hydrogen-bond acceptors (Lipinski definition) is 10. The fourth-order valence-corrected chi connectivity index (χ4v) is 3.69. The van der Waals surface area contributed by atoms with E-state index in [1.807, 2.05) is 6.92 Å². The van der Waals surface area contributed by atoms with Crippen LogP contribution in [0.15, 0.2) is 0 Å². The summed E-state index contributed by atoms with van der Waals surface area (Å²) >= 11 is 0. The second-order valence-corrected chi connectivity index (χ2v) is 8.27. The Balaban J connectivity index is 0. The van der Waals surface area contributed by atoms with Crippen molar-refractivity contribution in [3.63, 3.8) is 0 Å². The molecule has 0 amide bonds. The minimum atomic E-state index is -2.22. The molecule has 0 rings (SSSR count). The Labute approximate surface area is 195 Å². The fraction of sp³-hybridized carbons (Fsp3) is 0.800. The van der Waals surface area contributed by atoms with Gasteiger partial charge in [0, 0.05) is 29.1 Å². The van der Waals surface area contributed by atoms with Crippen molar-refractivity contribution in [2.45, 2.75) is 39.0 Å². The number of carboxylic acid groups (broad SMARTS) is 4. The first-order valence-electron chi connectivity index (χ1n) is 10.3. The first kappa shape index (κ1) is 33.8. The minimum absolute atomic E-state index is 0.156. The van der Waals surface area contributed by atoms with Crippen molar-refractivity contribution in [3.05, 3.63) is 0 Å². The summed E-state index contributed by atoms with van der Waals surface area (Å²) in [6.45, 7) is -1.87. The second-order valence-electron chi connectivity index (χ2n) is 8.27. The summed E-state index contributed by atoms with van der Waals surface area (Å²) < 4.78 is 0. The molecule has 0 spiro atoms. The first-order valence-corrected chi connectivity index (χ1v) is 10.3. The zero-order valence-electron chi connectivity index (χ0n) is 19.0. The summed E-state index contributed by atoms with van der Waals surface area (Å²) in [7, 11) is 0. The molecule has 0 heterocycles. The molecule has 10 N–H and O–H groups in total. The molecule has 0 aromatic carbocycles. The largest absolute Gasteiger partial charge is 0.481 e. The Hall–Kier alpha value is -2.36. The number of aliphatic carboxylic acids is 4. The van der Waals surface area contributed by atoms with E-state index in [0.29, 0.717) is 6.42 Å². The molecule has 14 heteroatoms. The number of rotatable bonds is 17. The Bertz CT molecular complexity index is 596. The predicted molar refractivity (Wildman–Crippen MR) is 113 cm³/mol. The monoisotopic (exact) mass is 500 g/mol. The number of carboxylic acids is 4. The van der Waals surface area contributed by atoms with E-state index in [4.69, 9.17) is 25.5 Å². The van der Waals surface area contributed by atoms with Gasteiger partial charge in [-0.1, -0.05) is 6.92 Å². The van der Waals surface area contributed by atoms with E-state index in [2.05, 4.69) is 0 Å². The smallest absolute Gasteiger partial charge is 0.303 e. The molecule has 0 unspecified atom stereocenters. The van der Waals surface area contributed by atoms with E-state index in [0.717, 1.165) is 0 Å². The van der Waals surface area contributed by atoms with Gasteiger partial charge in [0.15, 0.2) is 0 Å². The molecular formula is C20H36O14. The SMILES string of the molecule is CCC(CO)(CO)CO.O=C(O)CC(CC(=O)O)C(CC(=O)O)(CC(=O)O)C(CO)(CO)CO. The summed E-state index contributed by atoms with van der Waals surface area (Å²) in [5.74, 6) is -7.81. The Kier molecular flexibility index (Phi) is 15.4. The third-order valence-corrected chi connectivity index (χ3v) is 6.28. The van der Waals surface area contributed by atoms with Gasteiger partial charge in [-0.3, -0.25) is 19.2 Å². The highest BCUT2D eigenvalue weighted by Crippen LogP contribution is 2.53. The average molecular weight is 500 g/mol. The number of aliphatic hydroxyl groups excluding tert-OH is 6. The quantitative estimate of drug-likeness (QED) is 0.102. The van der Waals surface area contributed by atoms with Gasteiger partial charge in [0.25, 0.3) is 0 Å². The lowest BCUT2D eigenvalue weighted by molar-refractivity contribution is -0.176. The summed E-state index contributed by atoms with van der Waals surface area (Å²) in [5, 5.41) is 91.4. The molecular weight excluding hydrogens is 464 g/mol. The van der Waals surface area contributed by atoms with Crippen LogP contribution in [0.5, 0.6) is 0 Å². The van der Waals surface area contributed by atoms with Gasteiger partial charge >= 0.3 is 23.9 Å². The first-order chi connectivity index (χ1) is 15.7. The van der Waals surface area contributed by atoms with Crippen LogP contribution in [-0.4, -0.2) is 115 Å². The van der Waals surface area contributed by atoms with Crippen LogP contribution in [0.3, 0.4) is 0 Å². The third kappa shape index (κ3) is 9.12. The standard InChI is InChI=1S/C14H22O11.C6H14O3/c15-5-13(6-16,7-17)14(3-11(22)23,4-12(24)25)8(1-9(18)19)2-10(20)21;1-2-6(3-7,4-8)5-9/h8,15-17H,1-7H2,(H,18,19)(H,20,21)(H,22,23)(H,24,25);7-9H,2-5H2,1H3. The zero-order chi connectivity index (χ0) is 27.2. The minimum Gasteiger partial charge on any atom is -0.481 e. The van der Waals surface area contributed by atoms with Gasteiger partial charge in [-0.05, 0) is 12.3 Å². The molecule has 0 aliphatic carbocycles. The lowest BCUT2D eigenvalue weighted by Crippen LogP contribution is -2.56. The molecule has 0 saturated carbocycles. The van der Waals surface area contributed by atoms with E-state index in [9.17, 15) is 44.7 Å². The van der Waals surface area contributed by atoms with Crippen molar-refractivity contribution < 1.29 is 70.2 Å². The van der Waals surface area contributed by atoms with Crippen molar-refractivity contribution in [1.29, 1.82) is 0 Å². The van der Waals surface area contributed by atoms with Crippen LogP contribution in [0, 0.1) is 22.2 Å². The zero-order valence-corrected chi connectivity index (χ0v) is 19.0. The Morgan fingerprint density at radius 1 is 0.588 bits per heavy atom. The highest BCUT2D eigenvalue weighted by molar-refractivity contribution is 5.75. The fourth-order valence-electron chi connectivity index (χ4n) is 3.69. The van der Waals surface area contributed by atoms with Crippen LogP contribution in [0.2, 0.25) is 0 Å². The van der Waals surface area contributed by atoms with Crippen LogP contribution in [-0.2, 0) is 19.2 Å². The van der Waals surface area contributed by atoms with Crippen LogP contribution < -0.4 is 0 Å². The highest BCUT2D eigenvalue weighted by Gasteiger charge is 2.58. The molecule has 0 aliphatic rings. The van der Waals surface area contributed by atoms with Crippen molar-refractivity contribution >= 4 is 23.9 Å². The van der Waals surface area contributed by atoms with Gasteiger partial charge in [0.05, 0.1) is 52.5 Å². The van der Waals surface area contributed by atoms with Gasteiger partial charge < -0.3 is 51.1 Å². The van der Waals surface area contributed by atoms with Crippen molar-refractivity contribution in [1.82, 2.24) is 0 Å². The summed E-state index contributed by atoms with van der Waals surface area (Å²) in [6.07, 6.45) is -3.38. The van der Waals surface area contributed by atoms with Gasteiger partial charge in [-0.25, -0.2) is 0 Å². The molecule has 0 aromatic rings. The molecule has 34 heavy (non-hydrogen) atoms. The maximum atomic E-state index is 11.3. The lowest BCUT2D eigenvalue weighted by atomic mass is 9.53. The van der Waals surface area contributed by atoms with Crippen LogP contribution >= 0.6 is 0 Å². The Morgan fingerprint density at radius 3 is 1.06 bits per heavy atom. The summed E-state index contributed by atoms with van der Waals surface area (Å²) in [5.41, 5.74) is -5.01. The summed E-state index contributed by atoms with van der Waals surface area (Å²) in [4.78, 5) is 44.9. The van der Waals surface area contributed by atoms with E-state index in [1.165, 1.54) is 0 Å². The van der Waals surface area contributed by atoms with Crippen molar-refractivity contribution in [2.24, 2.45) is 22.2 Å². The molecule has 0 aromatic heterocycles. The topological polar surface area (TPSA) is 271 Å². The number of hydrogen-bond donors (Lipinski definition) is 10. The lowest BCUT2D eigenvalue weighted by Gasteiger charge is -2.50. The van der Waals surface area contributed by atoms with Crippen molar-refractivity contribution in [2.75, 3.05) is 39.6 Å². The molecule has 200 valence electrons. The average Bonchev–Trinajstić information content (AvgIpc) is 2.75. The maximum Gasteiger partial charge on any atom is 0.303 e. The van der Waals surface area contributed by atoms with Crippen LogP contribution in [0.4, 0.5) is 0 Å². The van der Waals surface area contributed by atoms with Crippen LogP contribution in [0.1, 0.15) is 39.0 Å². The second kappa shape index (κ2) is 15.5. The van der Waals surface area contributed by atoms with E-state index in [-0.39, 0.29) is 19.8 Å². The van der Waals surface area contributed by atoms with Crippen LogP contribution in [0.25, 0.3) is 0 Å². The van der Waals surface area contributed by atoms with Gasteiger partial charge in [0.2, 0.25) is 0 Å². The highest BCUT2D eigenvalue weighted by atomic mass is 16.4. The van der Waals surface area contributed by atoms with E-state index >= 15 is 0 Å². The molecule has 0 aliphatic heterocycles. The predicted octanol–water partition coefficient (Wildman–Crippen LogP) is -2.19. The molecule has 0 atom stereocenters. The normalized spacial score (nSPS) is 12.1. The number of carbonyl (C=O) groups is 4. The van der Waals surface area contributed by atoms with E-state index in [1.54, 1.807) is 0 Å². The third-order valence-electron chi connectivity index (χ3n) is 6.28.